The maximum absolute atomic E-state index is 5.55. The quantitative estimate of drug-likeness (QED) is 0.196. The molecule has 1 aromatic carbocycles. The highest BCUT2D eigenvalue weighted by atomic mass is 15.0. The van der Waals surface area contributed by atoms with Gasteiger partial charge in [0.2, 0.25) is 0 Å². The van der Waals surface area contributed by atoms with Gasteiger partial charge in [-0.25, -0.2) is 0 Å². The Morgan fingerprint density at radius 3 is 2.46 bits per heavy atom. The second kappa shape index (κ2) is 13.0. The summed E-state index contributed by atoms with van der Waals surface area (Å²) in [6.07, 6.45) is 34.1. The van der Waals surface area contributed by atoms with Crippen LogP contribution >= 0.6 is 0 Å². The fourth-order valence-corrected chi connectivity index (χ4v) is 4.59. The number of terminal acetylenes is 1. The van der Waals surface area contributed by atoms with Gasteiger partial charge in [-0.2, -0.15) is 9.15 Å². The molecule has 0 amide bonds. The predicted molar refractivity (Wildman–Crippen MR) is 161 cm³/mol. The van der Waals surface area contributed by atoms with E-state index in [0.29, 0.717) is 6.42 Å². The van der Waals surface area contributed by atoms with Crippen LogP contribution in [0.25, 0.3) is 0 Å². The van der Waals surface area contributed by atoms with Crippen LogP contribution < -0.4 is 0 Å². The molecule has 186 valence electrons. The normalized spacial score (nSPS) is 16.7. The Morgan fingerprint density at radius 2 is 1.56 bits per heavy atom. The molecule has 0 atom stereocenters. The molecule has 4 aliphatic rings. The first kappa shape index (κ1) is 25.6. The molecule has 0 fully saturated rings. The van der Waals surface area contributed by atoms with Crippen LogP contribution in [0.5, 0.6) is 0 Å². The van der Waals surface area contributed by atoms with Gasteiger partial charge >= 0.3 is 0 Å². The third-order valence-electron chi connectivity index (χ3n) is 6.58. The lowest BCUT2D eigenvalue weighted by atomic mass is 10.0. The number of benzene rings is 1. The SMILES string of the molecule is C#CCCC[N+]1=C(C#CC2=[N+](CCC#Cc3ccccc3)C=CC3=C=C2C=CC=C3)C2=CC=CC=C(C=C1)C2. The van der Waals surface area contributed by atoms with Gasteiger partial charge in [0.1, 0.15) is 0 Å². The molecule has 0 radical (unpaired) electrons. The summed E-state index contributed by atoms with van der Waals surface area (Å²) in [5.41, 5.74) is 11.0. The Hall–Kier alpha value is -5.06. The second-order valence-corrected chi connectivity index (χ2v) is 9.40. The van der Waals surface area contributed by atoms with Crippen molar-refractivity contribution in [2.75, 3.05) is 13.1 Å². The minimum atomic E-state index is 0.716. The topological polar surface area (TPSA) is 6.02 Å². The van der Waals surface area contributed by atoms with E-state index in [1.165, 1.54) is 11.1 Å². The van der Waals surface area contributed by atoms with Gasteiger partial charge in [-0.15, -0.1) is 12.3 Å². The van der Waals surface area contributed by atoms with Gasteiger partial charge in [0.25, 0.3) is 11.4 Å². The van der Waals surface area contributed by atoms with E-state index in [-0.39, 0.29) is 0 Å². The summed E-state index contributed by atoms with van der Waals surface area (Å²) in [5.74, 6) is 16.5. The van der Waals surface area contributed by atoms with Gasteiger partial charge in [0.05, 0.1) is 12.0 Å². The number of nitrogens with zero attached hydrogens (tertiary/aromatic N) is 2. The molecule has 0 saturated heterocycles. The van der Waals surface area contributed by atoms with Crippen LogP contribution in [0.4, 0.5) is 0 Å². The minimum Gasteiger partial charge on any atom is -0.191 e. The summed E-state index contributed by atoms with van der Waals surface area (Å²) in [6.45, 7) is 1.56. The molecule has 2 aliphatic heterocycles. The van der Waals surface area contributed by atoms with Crippen molar-refractivity contribution in [3.8, 4) is 36.0 Å². The van der Waals surface area contributed by atoms with Crippen molar-refractivity contribution in [2.24, 2.45) is 0 Å². The summed E-state index contributed by atoms with van der Waals surface area (Å²) in [4.78, 5) is 0. The number of unbranched alkanes of at least 4 members (excludes halogenated alkanes) is 1. The maximum Gasteiger partial charge on any atom is 0.272 e. The average molecular weight is 503 g/mol. The largest absolute Gasteiger partial charge is 0.272 e. The van der Waals surface area contributed by atoms with Gasteiger partial charge in [-0.3, -0.25) is 0 Å². The number of hydrogen-bond acceptors (Lipinski definition) is 0. The molecule has 0 N–H and O–H groups in total. The maximum atomic E-state index is 5.55. The fraction of sp³-hybridized carbons (Fsp3) is 0.162. The van der Waals surface area contributed by atoms with Gasteiger partial charge in [0.15, 0.2) is 25.5 Å². The molecule has 39 heavy (non-hydrogen) atoms. The number of allylic oxidation sites excluding steroid dienone is 13. The zero-order chi connectivity index (χ0) is 26.7. The van der Waals surface area contributed by atoms with Crippen molar-refractivity contribution in [2.45, 2.75) is 25.7 Å². The van der Waals surface area contributed by atoms with Crippen LogP contribution in [0.3, 0.4) is 0 Å². The minimum absolute atomic E-state index is 0.716. The highest BCUT2D eigenvalue weighted by Gasteiger charge is 2.23. The third-order valence-corrected chi connectivity index (χ3v) is 6.58. The molecule has 0 unspecified atom stereocenters. The van der Waals surface area contributed by atoms with Gasteiger partial charge in [-0.1, -0.05) is 72.2 Å². The predicted octanol–water partition coefficient (Wildman–Crippen LogP) is 6.20. The zero-order valence-electron chi connectivity index (χ0n) is 22.0. The van der Waals surface area contributed by atoms with E-state index in [1.54, 1.807) is 0 Å². The Balaban J connectivity index is 1.54. The molecule has 2 nitrogen and oxygen atoms in total. The number of fused-ring (bicyclic) bond motifs is 2. The molecule has 4 bridgehead atoms. The molecule has 1 aromatic rings. The molecule has 0 spiro atoms. The Kier molecular flexibility index (Phi) is 8.50. The van der Waals surface area contributed by atoms with Crippen molar-refractivity contribution in [3.05, 3.63) is 137 Å². The van der Waals surface area contributed by atoms with Crippen molar-refractivity contribution < 1.29 is 9.15 Å². The summed E-state index contributed by atoms with van der Waals surface area (Å²) in [6, 6.07) is 10.1. The zero-order valence-corrected chi connectivity index (χ0v) is 22.0. The Bertz CT molecular complexity index is 1670. The standard InChI is InChI=1S/C37H30N2/c1-2-3-12-25-38-27-23-32-17-7-9-19-34(29-32)36(38)21-22-37-35-20-10-8-18-33(30-35)24-28-39(37)26-13-11-16-31-14-5-4-6-15-31/h1,4-10,14-15,17-20,23-24,27-28H,3,12-13,25-26,29H2/q+2. The van der Waals surface area contributed by atoms with Crippen molar-refractivity contribution in [3.63, 3.8) is 0 Å². The van der Waals surface area contributed by atoms with E-state index < -0.39 is 0 Å². The lowest BCUT2D eigenvalue weighted by Crippen LogP contribution is -2.20. The van der Waals surface area contributed by atoms with Crippen LogP contribution in [0.2, 0.25) is 0 Å². The molecular formula is C37H30N2+2. The third kappa shape index (κ3) is 6.83. The summed E-state index contributed by atoms with van der Waals surface area (Å²) < 4.78 is 4.45. The summed E-state index contributed by atoms with van der Waals surface area (Å²) >= 11 is 0. The first-order valence-corrected chi connectivity index (χ1v) is 13.4. The van der Waals surface area contributed by atoms with E-state index >= 15 is 0 Å². The second-order valence-electron chi connectivity index (χ2n) is 9.40. The number of rotatable bonds is 5. The Labute approximate surface area is 232 Å². The molecular weight excluding hydrogens is 472 g/mol. The van der Waals surface area contributed by atoms with E-state index in [9.17, 15) is 0 Å². The molecule has 2 heterocycles. The van der Waals surface area contributed by atoms with Crippen molar-refractivity contribution in [1.82, 2.24) is 0 Å². The molecule has 2 aliphatic carbocycles. The van der Waals surface area contributed by atoms with Crippen LogP contribution in [0.1, 0.15) is 31.2 Å². The lowest BCUT2D eigenvalue weighted by Gasteiger charge is -2.03. The molecule has 5 rings (SSSR count). The summed E-state index contributed by atoms with van der Waals surface area (Å²) in [5, 5.41) is 0. The fourth-order valence-electron chi connectivity index (χ4n) is 4.59. The average Bonchev–Trinajstić information content (AvgIpc) is 3.47. The van der Waals surface area contributed by atoms with Crippen LogP contribution in [-0.4, -0.2) is 33.7 Å². The monoisotopic (exact) mass is 502 g/mol. The summed E-state index contributed by atoms with van der Waals surface area (Å²) in [7, 11) is 0. The molecule has 0 aromatic heterocycles. The number of hydrogen-bond donors (Lipinski definition) is 0. The highest BCUT2D eigenvalue weighted by molar-refractivity contribution is 6.18. The first-order chi connectivity index (χ1) is 19.3. The van der Waals surface area contributed by atoms with Crippen molar-refractivity contribution >= 4 is 11.4 Å². The Morgan fingerprint density at radius 1 is 0.769 bits per heavy atom. The van der Waals surface area contributed by atoms with Gasteiger partial charge in [0, 0.05) is 60.0 Å². The first-order valence-electron chi connectivity index (χ1n) is 13.4. The van der Waals surface area contributed by atoms with E-state index in [2.05, 4.69) is 105 Å². The van der Waals surface area contributed by atoms with E-state index in [1.807, 2.05) is 42.5 Å². The van der Waals surface area contributed by atoms with Crippen LogP contribution in [0, 0.1) is 36.0 Å². The van der Waals surface area contributed by atoms with Crippen LogP contribution in [-0.2, 0) is 0 Å². The highest BCUT2D eigenvalue weighted by Crippen LogP contribution is 2.21. The van der Waals surface area contributed by atoms with E-state index in [0.717, 1.165) is 60.5 Å². The van der Waals surface area contributed by atoms with Gasteiger partial charge in [-0.05, 0) is 29.9 Å². The van der Waals surface area contributed by atoms with Gasteiger partial charge < -0.3 is 0 Å². The van der Waals surface area contributed by atoms with Crippen molar-refractivity contribution in [1.29, 1.82) is 0 Å². The van der Waals surface area contributed by atoms with E-state index in [4.69, 9.17) is 6.42 Å². The lowest BCUT2D eigenvalue weighted by molar-refractivity contribution is -0.455. The molecule has 0 saturated carbocycles. The van der Waals surface area contributed by atoms with Crippen LogP contribution in [0.15, 0.2) is 132 Å². The smallest absolute Gasteiger partial charge is 0.191 e. The molecule has 2 heteroatoms.